The number of hydrogen-bond acceptors (Lipinski definition) is 6. The molecule has 142 valence electrons. The molecule has 0 aromatic heterocycles. The molecule has 2 aliphatic rings. The number of nitro groups is 1. The number of carbonyl (C=O) groups is 3. The maximum absolute atomic E-state index is 12.6. The minimum atomic E-state index is -0.547. The summed E-state index contributed by atoms with van der Waals surface area (Å²) < 4.78 is 0. The number of imide groups is 1. The molecule has 9 heteroatoms. The summed E-state index contributed by atoms with van der Waals surface area (Å²) in [6.07, 6.45) is 4.34. The van der Waals surface area contributed by atoms with Crippen LogP contribution in [0, 0.1) is 10.1 Å². The predicted octanol–water partition coefficient (Wildman–Crippen LogP) is 3.03. The maximum atomic E-state index is 12.6. The van der Waals surface area contributed by atoms with Gasteiger partial charge in [-0.15, -0.1) is 0 Å². The van der Waals surface area contributed by atoms with E-state index in [1.54, 1.807) is 11.0 Å². The summed E-state index contributed by atoms with van der Waals surface area (Å²) >= 11 is 0.738. The van der Waals surface area contributed by atoms with Crippen LogP contribution in [0.4, 0.5) is 10.5 Å². The number of thioether (sulfide) groups is 1. The Labute approximate surface area is 160 Å². The highest BCUT2D eigenvalue weighted by Gasteiger charge is 2.37. The first kappa shape index (κ1) is 19.1. The molecule has 1 aromatic rings. The van der Waals surface area contributed by atoms with Gasteiger partial charge in [-0.25, -0.2) is 0 Å². The van der Waals surface area contributed by atoms with Crippen molar-refractivity contribution in [3.05, 3.63) is 44.8 Å². The van der Waals surface area contributed by atoms with Crippen molar-refractivity contribution in [2.75, 3.05) is 13.1 Å². The monoisotopic (exact) mass is 389 g/mol. The Bertz CT molecular complexity index is 838. The SMILES string of the molecule is C[C@H]1CCCCN1C(=O)CN1C(=O)S/C(=C\c2cccc([N+](=O)[O-])c2)C1=O. The summed E-state index contributed by atoms with van der Waals surface area (Å²) in [5.74, 6) is -0.782. The van der Waals surface area contributed by atoms with E-state index in [-0.39, 0.29) is 29.1 Å². The fourth-order valence-corrected chi connectivity index (χ4v) is 4.05. The number of hydrogen-bond donors (Lipinski definition) is 0. The molecule has 0 radical (unpaired) electrons. The van der Waals surface area contributed by atoms with Crippen LogP contribution in [-0.2, 0) is 9.59 Å². The number of non-ortho nitro benzene ring substituents is 1. The van der Waals surface area contributed by atoms with Crippen LogP contribution in [0.3, 0.4) is 0 Å². The Balaban J connectivity index is 1.74. The Morgan fingerprint density at radius 2 is 2.15 bits per heavy atom. The smallest absolute Gasteiger partial charge is 0.294 e. The lowest BCUT2D eigenvalue weighted by Gasteiger charge is -2.34. The second kappa shape index (κ2) is 7.91. The van der Waals surface area contributed by atoms with E-state index in [2.05, 4.69) is 0 Å². The lowest BCUT2D eigenvalue weighted by Crippen LogP contribution is -2.47. The standard InChI is InChI=1S/C18H19N3O5S/c1-12-5-2-3-8-19(12)16(22)11-20-17(23)15(27-18(20)24)10-13-6-4-7-14(9-13)21(25)26/h4,6-7,9-10,12H,2-3,5,8,11H2,1H3/b15-10-/t12-/m0/s1. The number of nitrogens with zero attached hydrogens (tertiary/aromatic N) is 3. The number of nitro benzene ring substituents is 1. The van der Waals surface area contributed by atoms with Gasteiger partial charge in [0.15, 0.2) is 0 Å². The molecule has 3 rings (SSSR count). The molecule has 0 saturated carbocycles. The molecule has 0 aliphatic carbocycles. The Morgan fingerprint density at radius 3 is 2.85 bits per heavy atom. The number of carbonyl (C=O) groups excluding carboxylic acids is 3. The van der Waals surface area contributed by atoms with Crippen molar-refractivity contribution in [3.8, 4) is 0 Å². The zero-order valence-electron chi connectivity index (χ0n) is 14.8. The molecule has 2 saturated heterocycles. The third-order valence-corrected chi connectivity index (χ3v) is 5.58. The van der Waals surface area contributed by atoms with Crippen LogP contribution in [0.5, 0.6) is 0 Å². The summed E-state index contributed by atoms with van der Waals surface area (Å²) in [6, 6.07) is 5.90. The van der Waals surface area contributed by atoms with Gasteiger partial charge in [-0.05, 0) is 49.6 Å². The van der Waals surface area contributed by atoms with Crippen molar-refractivity contribution in [2.24, 2.45) is 0 Å². The first-order valence-corrected chi connectivity index (χ1v) is 9.48. The zero-order chi connectivity index (χ0) is 19.6. The van der Waals surface area contributed by atoms with E-state index in [4.69, 9.17) is 0 Å². The summed E-state index contributed by atoms with van der Waals surface area (Å²) in [5, 5.41) is 10.4. The summed E-state index contributed by atoms with van der Waals surface area (Å²) in [6.45, 7) is 2.33. The molecule has 0 N–H and O–H groups in total. The van der Waals surface area contributed by atoms with Crippen LogP contribution in [0.15, 0.2) is 29.2 Å². The van der Waals surface area contributed by atoms with Crippen molar-refractivity contribution in [1.29, 1.82) is 0 Å². The first-order chi connectivity index (χ1) is 12.9. The fraction of sp³-hybridized carbons (Fsp3) is 0.389. The van der Waals surface area contributed by atoms with Gasteiger partial charge in [-0.1, -0.05) is 12.1 Å². The van der Waals surface area contributed by atoms with Gasteiger partial charge in [0.1, 0.15) is 6.54 Å². The molecule has 0 bridgehead atoms. The van der Waals surface area contributed by atoms with Crippen LogP contribution in [0.1, 0.15) is 31.7 Å². The van der Waals surface area contributed by atoms with Crippen molar-refractivity contribution >= 4 is 40.6 Å². The van der Waals surface area contributed by atoms with E-state index < -0.39 is 16.1 Å². The van der Waals surface area contributed by atoms with E-state index in [1.165, 1.54) is 24.3 Å². The van der Waals surface area contributed by atoms with Crippen LogP contribution < -0.4 is 0 Å². The topological polar surface area (TPSA) is 101 Å². The second-order valence-electron chi connectivity index (χ2n) is 6.55. The van der Waals surface area contributed by atoms with Crippen LogP contribution in [-0.4, -0.2) is 50.9 Å². The van der Waals surface area contributed by atoms with Crippen molar-refractivity contribution in [3.63, 3.8) is 0 Å². The van der Waals surface area contributed by atoms with Gasteiger partial charge in [0.25, 0.3) is 16.8 Å². The van der Waals surface area contributed by atoms with Gasteiger partial charge in [0, 0.05) is 24.7 Å². The van der Waals surface area contributed by atoms with E-state index in [0.29, 0.717) is 12.1 Å². The van der Waals surface area contributed by atoms with Gasteiger partial charge in [0.2, 0.25) is 5.91 Å². The average Bonchev–Trinajstić information content (AvgIpc) is 2.89. The van der Waals surface area contributed by atoms with E-state index in [0.717, 1.165) is 35.9 Å². The average molecular weight is 389 g/mol. The third kappa shape index (κ3) is 4.19. The molecule has 0 unspecified atom stereocenters. The number of piperidine rings is 1. The predicted molar refractivity (Wildman–Crippen MR) is 101 cm³/mol. The normalized spacial score (nSPS) is 21.8. The minimum Gasteiger partial charge on any atom is -0.338 e. The molecule has 3 amide bonds. The Hall–Kier alpha value is -2.68. The Kier molecular flexibility index (Phi) is 5.59. The summed E-state index contributed by atoms with van der Waals surface area (Å²) in [4.78, 5) is 50.4. The van der Waals surface area contributed by atoms with Crippen LogP contribution >= 0.6 is 11.8 Å². The zero-order valence-corrected chi connectivity index (χ0v) is 15.6. The highest BCUT2D eigenvalue weighted by molar-refractivity contribution is 8.18. The largest absolute Gasteiger partial charge is 0.338 e. The number of benzene rings is 1. The van der Waals surface area contributed by atoms with E-state index in [1.807, 2.05) is 6.92 Å². The lowest BCUT2D eigenvalue weighted by atomic mass is 10.0. The molecule has 2 heterocycles. The maximum Gasteiger partial charge on any atom is 0.294 e. The van der Waals surface area contributed by atoms with Crippen molar-refractivity contribution < 1.29 is 19.3 Å². The number of rotatable bonds is 4. The quantitative estimate of drug-likeness (QED) is 0.446. The minimum absolute atomic E-state index is 0.0998. The molecular weight excluding hydrogens is 370 g/mol. The first-order valence-electron chi connectivity index (χ1n) is 8.66. The highest BCUT2D eigenvalue weighted by Crippen LogP contribution is 2.32. The highest BCUT2D eigenvalue weighted by atomic mass is 32.2. The molecule has 27 heavy (non-hydrogen) atoms. The molecule has 1 aromatic carbocycles. The number of likely N-dealkylation sites (tertiary alicyclic amines) is 1. The van der Waals surface area contributed by atoms with Crippen LogP contribution in [0.2, 0.25) is 0 Å². The van der Waals surface area contributed by atoms with Crippen molar-refractivity contribution in [1.82, 2.24) is 9.80 Å². The molecular formula is C18H19N3O5S. The molecule has 8 nitrogen and oxygen atoms in total. The van der Waals surface area contributed by atoms with Crippen molar-refractivity contribution in [2.45, 2.75) is 32.2 Å². The third-order valence-electron chi connectivity index (χ3n) is 4.67. The summed E-state index contributed by atoms with van der Waals surface area (Å²) in [7, 11) is 0. The lowest BCUT2D eigenvalue weighted by molar-refractivity contribution is -0.384. The van der Waals surface area contributed by atoms with E-state index >= 15 is 0 Å². The molecule has 1 atom stereocenters. The fourth-order valence-electron chi connectivity index (χ4n) is 3.21. The van der Waals surface area contributed by atoms with Crippen LogP contribution in [0.25, 0.3) is 6.08 Å². The van der Waals surface area contributed by atoms with Gasteiger partial charge in [0.05, 0.1) is 9.83 Å². The molecule has 2 fully saturated rings. The van der Waals surface area contributed by atoms with Gasteiger partial charge >= 0.3 is 0 Å². The Morgan fingerprint density at radius 1 is 1.37 bits per heavy atom. The molecule has 2 aliphatic heterocycles. The number of amides is 3. The summed E-state index contributed by atoms with van der Waals surface area (Å²) in [5.41, 5.74) is 0.350. The van der Waals surface area contributed by atoms with Gasteiger partial charge in [-0.3, -0.25) is 29.4 Å². The van der Waals surface area contributed by atoms with Gasteiger partial charge in [-0.2, -0.15) is 0 Å². The molecule has 0 spiro atoms. The second-order valence-corrected chi connectivity index (χ2v) is 7.55. The van der Waals surface area contributed by atoms with Gasteiger partial charge < -0.3 is 4.90 Å². The van der Waals surface area contributed by atoms with E-state index in [9.17, 15) is 24.5 Å².